The van der Waals surface area contributed by atoms with Crippen LogP contribution in [0.15, 0.2) is 45.4 Å². The molecule has 0 saturated heterocycles. The molecule has 0 aliphatic carbocycles. The summed E-state index contributed by atoms with van der Waals surface area (Å²) in [6, 6.07) is 11.4. The van der Waals surface area contributed by atoms with Gasteiger partial charge in [-0.3, -0.25) is 4.79 Å². The summed E-state index contributed by atoms with van der Waals surface area (Å²) in [5.74, 6) is 2.11. The molecule has 0 unspecified atom stereocenters. The number of aryl methyl sites for hydroxylation is 2. The minimum Gasteiger partial charge on any atom is -0.492 e. The topological polar surface area (TPSA) is 86.5 Å². The van der Waals surface area contributed by atoms with Crippen LogP contribution in [0.1, 0.15) is 31.2 Å². The van der Waals surface area contributed by atoms with Crippen LogP contribution in [0.5, 0.6) is 11.5 Å². The average Bonchev–Trinajstić information content (AvgIpc) is 3.19. The lowest BCUT2D eigenvalue weighted by Crippen LogP contribution is -2.11. The van der Waals surface area contributed by atoms with Crippen LogP contribution in [0.25, 0.3) is 11.4 Å². The lowest BCUT2D eigenvalue weighted by Gasteiger charge is -2.12. The molecule has 0 spiro atoms. The van der Waals surface area contributed by atoms with Crippen molar-refractivity contribution in [3.63, 3.8) is 0 Å². The zero-order valence-electron chi connectivity index (χ0n) is 17.2. The van der Waals surface area contributed by atoms with E-state index in [-0.39, 0.29) is 5.91 Å². The number of carbonyl (C=O) groups excluding carboxylic acids is 1. The Morgan fingerprint density at radius 2 is 2.00 bits per heavy atom. The van der Waals surface area contributed by atoms with Crippen LogP contribution in [-0.2, 0) is 11.2 Å². The monoisotopic (exact) mass is 473 g/mol. The maximum atomic E-state index is 12.1. The van der Waals surface area contributed by atoms with Gasteiger partial charge in [0.2, 0.25) is 17.6 Å². The number of nitrogens with one attached hydrogen (secondary N) is 1. The number of anilines is 1. The summed E-state index contributed by atoms with van der Waals surface area (Å²) >= 11 is 3.49. The summed E-state index contributed by atoms with van der Waals surface area (Å²) in [4.78, 5) is 16.5. The molecule has 0 aliphatic rings. The van der Waals surface area contributed by atoms with Crippen LogP contribution < -0.4 is 14.8 Å². The van der Waals surface area contributed by atoms with Gasteiger partial charge in [0.05, 0.1) is 18.2 Å². The predicted molar refractivity (Wildman–Crippen MR) is 118 cm³/mol. The fourth-order valence-corrected chi connectivity index (χ4v) is 3.50. The highest BCUT2D eigenvalue weighted by Crippen LogP contribution is 2.39. The number of nitrogens with zero attached hydrogens (tertiary/aromatic N) is 2. The van der Waals surface area contributed by atoms with E-state index in [9.17, 15) is 4.79 Å². The molecular formula is C22H24BrN3O4. The van der Waals surface area contributed by atoms with Crippen molar-refractivity contribution in [3.05, 3.63) is 52.3 Å². The first-order valence-electron chi connectivity index (χ1n) is 9.70. The molecule has 3 rings (SSSR count). The first-order chi connectivity index (χ1) is 14.5. The lowest BCUT2D eigenvalue weighted by atomic mass is 10.2. The van der Waals surface area contributed by atoms with Crippen molar-refractivity contribution in [1.29, 1.82) is 0 Å². The number of hydrogen-bond acceptors (Lipinski definition) is 6. The Labute approximate surface area is 183 Å². The number of halogens is 1. The summed E-state index contributed by atoms with van der Waals surface area (Å²) in [6.07, 6.45) is 1.49. The molecule has 1 aromatic heterocycles. The maximum absolute atomic E-state index is 12.1. The Kier molecular flexibility index (Phi) is 7.46. The molecule has 0 fully saturated rings. The van der Waals surface area contributed by atoms with E-state index in [0.717, 1.165) is 21.3 Å². The van der Waals surface area contributed by atoms with Crippen LogP contribution in [0.4, 0.5) is 5.69 Å². The Morgan fingerprint density at radius 1 is 1.23 bits per heavy atom. The second-order valence-corrected chi connectivity index (χ2v) is 7.56. The summed E-state index contributed by atoms with van der Waals surface area (Å²) in [5.41, 5.74) is 2.69. The van der Waals surface area contributed by atoms with Gasteiger partial charge >= 0.3 is 0 Å². The van der Waals surface area contributed by atoms with Crippen LogP contribution in [-0.4, -0.2) is 29.8 Å². The van der Waals surface area contributed by atoms with Gasteiger partial charge in [0.1, 0.15) is 0 Å². The third kappa shape index (κ3) is 5.60. The molecule has 30 heavy (non-hydrogen) atoms. The first kappa shape index (κ1) is 21.8. The van der Waals surface area contributed by atoms with Crippen LogP contribution in [0.2, 0.25) is 0 Å². The molecule has 0 bridgehead atoms. The molecule has 0 radical (unpaired) electrons. The van der Waals surface area contributed by atoms with Crippen molar-refractivity contribution in [3.8, 4) is 22.9 Å². The number of ether oxygens (including phenoxy) is 2. The quantitative estimate of drug-likeness (QED) is 0.460. The molecule has 3 aromatic rings. The first-order valence-corrected chi connectivity index (χ1v) is 10.5. The zero-order chi connectivity index (χ0) is 21.5. The van der Waals surface area contributed by atoms with E-state index >= 15 is 0 Å². The fraction of sp³-hybridized carbons (Fsp3) is 0.318. The molecule has 2 aromatic carbocycles. The molecule has 0 atom stereocenters. The van der Waals surface area contributed by atoms with Gasteiger partial charge in [-0.1, -0.05) is 22.9 Å². The highest BCUT2D eigenvalue weighted by atomic mass is 79.9. The smallest absolute Gasteiger partial charge is 0.226 e. The van der Waals surface area contributed by atoms with Gasteiger partial charge in [-0.15, -0.1) is 0 Å². The van der Waals surface area contributed by atoms with Crippen molar-refractivity contribution in [1.82, 2.24) is 10.1 Å². The van der Waals surface area contributed by atoms with Gasteiger partial charge in [0.15, 0.2) is 11.5 Å². The van der Waals surface area contributed by atoms with Gasteiger partial charge in [-0.2, -0.15) is 4.98 Å². The number of amides is 1. The number of benzene rings is 2. The number of aromatic nitrogens is 2. The molecule has 1 amide bonds. The number of carbonyl (C=O) groups is 1. The number of hydrogen-bond donors (Lipinski definition) is 1. The van der Waals surface area contributed by atoms with E-state index < -0.39 is 0 Å². The third-order valence-corrected chi connectivity index (χ3v) is 4.96. The van der Waals surface area contributed by atoms with Crippen molar-refractivity contribution >= 4 is 27.5 Å². The van der Waals surface area contributed by atoms with Crippen molar-refractivity contribution in [2.24, 2.45) is 0 Å². The predicted octanol–water partition coefficient (Wildman–Crippen LogP) is 5.18. The minimum absolute atomic E-state index is 0.0426. The number of rotatable bonds is 9. The second-order valence-electron chi connectivity index (χ2n) is 6.70. The fourth-order valence-electron chi connectivity index (χ4n) is 2.89. The highest BCUT2D eigenvalue weighted by Gasteiger charge is 2.16. The molecule has 0 saturated carbocycles. The Balaban J connectivity index is 1.58. The second kappa shape index (κ2) is 10.2. The SMILES string of the molecule is CCOc1cc(-c2noc(CCCC(=O)Nc3ccc(C)cc3)n2)cc(Br)c1OC. The average molecular weight is 474 g/mol. The molecule has 8 heteroatoms. The van der Waals surface area contributed by atoms with Crippen molar-refractivity contribution < 1.29 is 18.8 Å². The molecule has 0 aliphatic heterocycles. The zero-order valence-corrected chi connectivity index (χ0v) is 18.8. The van der Waals surface area contributed by atoms with Gasteiger partial charge in [0, 0.05) is 24.1 Å². The lowest BCUT2D eigenvalue weighted by molar-refractivity contribution is -0.116. The summed E-state index contributed by atoms with van der Waals surface area (Å²) in [6.45, 7) is 4.42. The maximum Gasteiger partial charge on any atom is 0.226 e. The Hall–Kier alpha value is -2.87. The summed E-state index contributed by atoms with van der Waals surface area (Å²) in [7, 11) is 1.59. The molecule has 7 nitrogen and oxygen atoms in total. The van der Waals surface area contributed by atoms with E-state index in [0.29, 0.717) is 49.1 Å². The van der Waals surface area contributed by atoms with Crippen LogP contribution in [0, 0.1) is 6.92 Å². The van der Waals surface area contributed by atoms with Crippen LogP contribution in [0.3, 0.4) is 0 Å². The third-order valence-electron chi connectivity index (χ3n) is 4.37. The van der Waals surface area contributed by atoms with Gasteiger partial charge < -0.3 is 19.3 Å². The van der Waals surface area contributed by atoms with Gasteiger partial charge in [-0.05, 0) is 60.5 Å². The summed E-state index contributed by atoms with van der Waals surface area (Å²) in [5, 5.41) is 6.94. The molecule has 1 N–H and O–H groups in total. The molecular weight excluding hydrogens is 450 g/mol. The van der Waals surface area contributed by atoms with E-state index in [1.807, 2.05) is 50.2 Å². The van der Waals surface area contributed by atoms with Crippen LogP contribution >= 0.6 is 15.9 Å². The van der Waals surface area contributed by atoms with E-state index in [1.54, 1.807) is 7.11 Å². The van der Waals surface area contributed by atoms with E-state index in [2.05, 4.69) is 31.4 Å². The van der Waals surface area contributed by atoms with Gasteiger partial charge in [0.25, 0.3) is 0 Å². The summed E-state index contributed by atoms with van der Waals surface area (Å²) < 4.78 is 17.1. The largest absolute Gasteiger partial charge is 0.492 e. The normalized spacial score (nSPS) is 10.7. The van der Waals surface area contributed by atoms with Gasteiger partial charge in [-0.25, -0.2) is 0 Å². The van der Waals surface area contributed by atoms with E-state index in [1.165, 1.54) is 0 Å². The Bertz CT molecular complexity index is 1000. The van der Waals surface area contributed by atoms with Crippen molar-refractivity contribution in [2.75, 3.05) is 19.0 Å². The number of methoxy groups -OCH3 is 1. The molecule has 1 heterocycles. The Morgan fingerprint density at radius 3 is 2.70 bits per heavy atom. The highest BCUT2D eigenvalue weighted by molar-refractivity contribution is 9.10. The minimum atomic E-state index is -0.0426. The standard InChI is InChI=1S/C22H24BrN3O4/c1-4-29-18-13-15(12-17(23)21(18)28-3)22-25-20(30-26-22)7-5-6-19(27)24-16-10-8-14(2)9-11-16/h8-13H,4-7H2,1-3H3,(H,24,27). The van der Waals surface area contributed by atoms with Crippen molar-refractivity contribution in [2.45, 2.75) is 33.1 Å². The molecule has 158 valence electrons. The van der Waals surface area contributed by atoms with E-state index in [4.69, 9.17) is 14.0 Å².